The minimum Gasteiger partial charge on any atom is -0.368 e. The van der Waals surface area contributed by atoms with E-state index in [2.05, 4.69) is 30.6 Å². The van der Waals surface area contributed by atoms with Crippen LogP contribution in [0, 0.1) is 0 Å². The molecule has 114 valence electrons. The van der Waals surface area contributed by atoms with Gasteiger partial charge in [-0.15, -0.1) is 0 Å². The van der Waals surface area contributed by atoms with Gasteiger partial charge in [-0.2, -0.15) is 9.97 Å². The molecule has 0 atom stereocenters. The van der Waals surface area contributed by atoms with Crippen LogP contribution in [0.3, 0.4) is 0 Å². The average Bonchev–Trinajstić information content (AvgIpc) is 2.96. The molecule has 1 amide bonds. The first-order valence-electron chi connectivity index (χ1n) is 7.10. The zero-order chi connectivity index (χ0) is 15.2. The normalized spacial score (nSPS) is 10.6. The summed E-state index contributed by atoms with van der Waals surface area (Å²) in [5.41, 5.74) is 1.33. The fourth-order valence-electron chi connectivity index (χ4n) is 2.10. The average molecular weight is 291 g/mol. The predicted molar refractivity (Wildman–Crippen MR) is 82.3 cm³/mol. The van der Waals surface area contributed by atoms with E-state index in [1.165, 1.54) is 0 Å². The molecule has 0 saturated heterocycles. The van der Waals surface area contributed by atoms with Crippen molar-refractivity contribution in [2.45, 2.75) is 20.3 Å². The maximum Gasteiger partial charge on any atom is 0.226 e. The van der Waals surface area contributed by atoms with E-state index in [0.29, 0.717) is 30.4 Å². The van der Waals surface area contributed by atoms with Crippen LogP contribution in [0.5, 0.6) is 0 Å². The van der Waals surface area contributed by atoms with Crippen LogP contribution in [-0.4, -0.2) is 57.4 Å². The first-order chi connectivity index (χ1) is 10.2. The van der Waals surface area contributed by atoms with E-state index in [1.54, 1.807) is 13.4 Å². The summed E-state index contributed by atoms with van der Waals surface area (Å²) in [6, 6.07) is 0. The summed E-state index contributed by atoms with van der Waals surface area (Å²) in [5, 5.41) is 6.07. The lowest BCUT2D eigenvalue weighted by Gasteiger charge is -2.18. The van der Waals surface area contributed by atoms with Gasteiger partial charge in [-0.3, -0.25) is 4.79 Å². The van der Waals surface area contributed by atoms with Crippen LogP contribution in [0.25, 0.3) is 11.2 Å². The molecule has 2 aromatic rings. The van der Waals surface area contributed by atoms with Gasteiger partial charge in [0.15, 0.2) is 11.5 Å². The minimum absolute atomic E-state index is 0.135. The van der Waals surface area contributed by atoms with Crippen molar-refractivity contribution < 1.29 is 4.79 Å². The number of fused-ring (bicyclic) bond motifs is 1. The van der Waals surface area contributed by atoms with Crippen molar-refractivity contribution in [3.8, 4) is 0 Å². The number of hydrogen-bond acceptors (Lipinski definition) is 6. The number of carbonyl (C=O) groups is 1. The minimum atomic E-state index is 0.135. The standard InChI is InChI=1S/C13H21N7O/c1-4-20(5-2)9(21)6-7-15-11-10-12(17-8-16-10)19-13(14-3)18-11/h8H,4-7H2,1-3H3,(H3,14,15,16,17,18,19). The highest BCUT2D eigenvalue weighted by atomic mass is 16.2. The Morgan fingerprint density at radius 3 is 2.76 bits per heavy atom. The van der Waals surface area contributed by atoms with Crippen LogP contribution >= 0.6 is 0 Å². The number of amides is 1. The fraction of sp³-hybridized carbons (Fsp3) is 0.538. The second kappa shape index (κ2) is 6.87. The van der Waals surface area contributed by atoms with Crippen LogP contribution < -0.4 is 10.6 Å². The van der Waals surface area contributed by atoms with E-state index < -0.39 is 0 Å². The maximum absolute atomic E-state index is 12.0. The van der Waals surface area contributed by atoms with Crippen LogP contribution in [0.1, 0.15) is 20.3 Å². The van der Waals surface area contributed by atoms with Gasteiger partial charge in [-0.25, -0.2) is 4.98 Å². The first-order valence-corrected chi connectivity index (χ1v) is 7.10. The predicted octanol–water partition coefficient (Wildman–Crippen LogP) is 1.06. The summed E-state index contributed by atoms with van der Waals surface area (Å²) in [6.07, 6.45) is 2.00. The summed E-state index contributed by atoms with van der Waals surface area (Å²) in [7, 11) is 1.75. The molecule has 21 heavy (non-hydrogen) atoms. The lowest BCUT2D eigenvalue weighted by Crippen LogP contribution is -2.31. The van der Waals surface area contributed by atoms with Gasteiger partial charge >= 0.3 is 0 Å². The molecule has 2 rings (SSSR count). The molecule has 0 aliphatic rings. The summed E-state index contributed by atoms with van der Waals surface area (Å²) in [6.45, 7) is 5.94. The van der Waals surface area contributed by atoms with Gasteiger partial charge in [0.05, 0.1) is 6.33 Å². The van der Waals surface area contributed by atoms with Gasteiger partial charge in [-0.1, -0.05) is 0 Å². The van der Waals surface area contributed by atoms with Crippen molar-refractivity contribution >= 4 is 28.8 Å². The van der Waals surface area contributed by atoms with Crippen molar-refractivity contribution in [1.82, 2.24) is 24.8 Å². The fourth-order valence-corrected chi connectivity index (χ4v) is 2.10. The zero-order valence-electron chi connectivity index (χ0n) is 12.6. The van der Waals surface area contributed by atoms with E-state index in [-0.39, 0.29) is 5.91 Å². The van der Waals surface area contributed by atoms with Gasteiger partial charge < -0.3 is 20.5 Å². The SMILES string of the molecule is CCN(CC)C(=O)CCNc1nc(NC)nc2nc[nH]c12. The lowest BCUT2D eigenvalue weighted by molar-refractivity contribution is -0.130. The van der Waals surface area contributed by atoms with Gasteiger partial charge in [0.25, 0.3) is 0 Å². The molecular weight excluding hydrogens is 270 g/mol. The van der Waals surface area contributed by atoms with Crippen molar-refractivity contribution in [3.63, 3.8) is 0 Å². The highest BCUT2D eigenvalue weighted by Crippen LogP contribution is 2.18. The first kappa shape index (κ1) is 15.0. The Bertz CT molecular complexity index is 606. The number of aromatic amines is 1. The Morgan fingerprint density at radius 1 is 1.33 bits per heavy atom. The molecule has 0 aliphatic carbocycles. The molecule has 0 saturated carbocycles. The Balaban J connectivity index is 2.03. The number of nitrogens with zero attached hydrogens (tertiary/aromatic N) is 4. The molecule has 0 fully saturated rings. The van der Waals surface area contributed by atoms with Crippen molar-refractivity contribution in [1.29, 1.82) is 0 Å². The van der Waals surface area contributed by atoms with E-state index >= 15 is 0 Å². The highest BCUT2D eigenvalue weighted by Gasteiger charge is 2.11. The summed E-state index contributed by atoms with van der Waals surface area (Å²) in [4.78, 5) is 29.5. The van der Waals surface area contributed by atoms with Gasteiger partial charge in [-0.05, 0) is 13.8 Å². The third kappa shape index (κ3) is 3.39. The van der Waals surface area contributed by atoms with Crippen LogP contribution in [0.2, 0.25) is 0 Å². The number of imidazole rings is 1. The van der Waals surface area contributed by atoms with E-state index in [0.717, 1.165) is 18.6 Å². The quantitative estimate of drug-likeness (QED) is 0.705. The number of aromatic nitrogens is 4. The topological polar surface area (TPSA) is 98.8 Å². The summed E-state index contributed by atoms with van der Waals surface area (Å²) < 4.78 is 0. The van der Waals surface area contributed by atoms with Crippen molar-refractivity contribution in [2.24, 2.45) is 0 Å². The second-order valence-corrected chi connectivity index (χ2v) is 4.49. The largest absolute Gasteiger partial charge is 0.368 e. The number of anilines is 2. The van der Waals surface area contributed by atoms with E-state index in [4.69, 9.17) is 0 Å². The Morgan fingerprint density at radius 2 is 2.10 bits per heavy atom. The Hall–Kier alpha value is -2.38. The van der Waals surface area contributed by atoms with Gasteiger partial charge in [0.1, 0.15) is 5.52 Å². The molecule has 2 heterocycles. The molecule has 0 aliphatic heterocycles. The smallest absolute Gasteiger partial charge is 0.226 e. The molecule has 0 bridgehead atoms. The number of H-pyrrole nitrogens is 1. The Labute approximate surface area is 123 Å². The third-order valence-electron chi connectivity index (χ3n) is 3.26. The number of hydrogen-bond donors (Lipinski definition) is 3. The van der Waals surface area contributed by atoms with E-state index in [1.807, 2.05) is 18.7 Å². The molecular formula is C13H21N7O. The van der Waals surface area contributed by atoms with Crippen LogP contribution in [0.15, 0.2) is 6.33 Å². The molecule has 8 nitrogen and oxygen atoms in total. The second-order valence-electron chi connectivity index (χ2n) is 4.49. The summed E-state index contributed by atoms with van der Waals surface area (Å²) in [5.74, 6) is 1.28. The number of rotatable bonds is 7. The monoisotopic (exact) mass is 291 g/mol. The molecule has 0 unspecified atom stereocenters. The molecule has 2 aromatic heterocycles. The summed E-state index contributed by atoms with van der Waals surface area (Å²) >= 11 is 0. The molecule has 3 N–H and O–H groups in total. The van der Waals surface area contributed by atoms with Gasteiger partial charge in [0.2, 0.25) is 11.9 Å². The number of carbonyl (C=O) groups excluding carboxylic acids is 1. The highest BCUT2D eigenvalue weighted by molar-refractivity contribution is 5.84. The molecule has 0 spiro atoms. The molecule has 0 radical (unpaired) electrons. The van der Waals surface area contributed by atoms with Crippen molar-refractivity contribution in [3.05, 3.63) is 6.33 Å². The zero-order valence-corrected chi connectivity index (χ0v) is 12.6. The van der Waals surface area contributed by atoms with Crippen molar-refractivity contribution in [2.75, 3.05) is 37.3 Å². The van der Waals surface area contributed by atoms with Crippen LogP contribution in [0.4, 0.5) is 11.8 Å². The maximum atomic E-state index is 12.0. The molecule has 8 heteroatoms. The molecule has 0 aromatic carbocycles. The van der Waals surface area contributed by atoms with E-state index in [9.17, 15) is 4.79 Å². The van der Waals surface area contributed by atoms with Gasteiger partial charge in [0, 0.05) is 33.1 Å². The third-order valence-corrected chi connectivity index (χ3v) is 3.26. The van der Waals surface area contributed by atoms with Crippen LogP contribution in [-0.2, 0) is 4.79 Å². The lowest BCUT2D eigenvalue weighted by atomic mass is 10.3. The number of nitrogens with one attached hydrogen (secondary N) is 3. The Kier molecular flexibility index (Phi) is 4.91.